The molecule has 0 aromatic rings. The molecule has 0 aromatic heterocycles. The summed E-state index contributed by atoms with van der Waals surface area (Å²) in [5.41, 5.74) is 0. The van der Waals surface area contributed by atoms with E-state index in [1.54, 1.807) is 0 Å². The molecule has 0 spiro atoms. The number of aliphatic hydroxyl groups excluding tert-OH is 1. The van der Waals surface area contributed by atoms with Crippen LogP contribution in [0.4, 0.5) is 0 Å². The van der Waals surface area contributed by atoms with E-state index in [-0.39, 0.29) is 6.10 Å². The predicted molar refractivity (Wildman–Crippen MR) is 46.0 cm³/mol. The van der Waals surface area contributed by atoms with Gasteiger partial charge in [-0.15, -0.1) is 0 Å². The molecule has 1 aliphatic heterocycles. The molecule has 1 heterocycles. The summed E-state index contributed by atoms with van der Waals surface area (Å²) in [6.45, 7) is 4.67. The molecule has 1 unspecified atom stereocenters. The van der Waals surface area contributed by atoms with Crippen molar-refractivity contribution in [2.45, 2.75) is 25.9 Å². The zero-order valence-electron chi connectivity index (χ0n) is 7.66. The van der Waals surface area contributed by atoms with E-state index in [9.17, 15) is 5.11 Å². The highest BCUT2D eigenvalue weighted by molar-refractivity contribution is 4.71. The molecule has 12 heavy (non-hydrogen) atoms. The predicted octanol–water partition coefficient (Wildman–Crippen LogP) is 0.810. The minimum atomic E-state index is -0.297. The molecule has 1 N–H and O–H groups in total. The number of hydrogen-bond donors (Lipinski definition) is 1. The van der Waals surface area contributed by atoms with Gasteiger partial charge >= 0.3 is 0 Å². The van der Waals surface area contributed by atoms with Crippen molar-refractivity contribution < 1.29 is 14.6 Å². The average molecular weight is 174 g/mol. The van der Waals surface area contributed by atoms with Gasteiger partial charge in [-0.3, -0.25) is 0 Å². The van der Waals surface area contributed by atoms with Gasteiger partial charge in [0.15, 0.2) is 0 Å². The SMILES string of the molecule is CCOCC(O)C1CCOCC1. The minimum Gasteiger partial charge on any atom is -0.390 e. The lowest BCUT2D eigenvalue weighted by Gasteiger charge is -2.26. The van der Waals surface area contributed by atoms with Crippen molar-refractivity contribution in [3.63, 3.8) is 0 Å². The zero-order valence-corrected chi connectivity index (χ0v) is 7.66. The largest absolute Gasteiger partial charge is 0.390 e. The summed E-state index contributed by atoms with van der Waals surface area (Å²) in [5, 5.41) is 9.62. The molecule has 3 nitrogen and oxygen atoms in total. The van der Waals surface area contributed by atoms with Gasteiger partial charge in [-0.25, -0.2) is 0 Å². The van der Waals surface area contributed by atoms with Crippen molar-refractivity contribution in [2.75, 3.05) is 26.4 Å². The Morgan fingerprint density at radius 2 is 2.17 bits per heavy atom. The van der Waals surface area contributed by atoms with Crippen LogP contribution >= 0.6 is 0 Å². The van der Waals surface area contributed by atoms with Crippen molar-refractivity contribution >= 4 is 0 Å². The van der Waals surface area contributed by atoms with Gasteiger partial charge in [0, 0.05) is 19.8 Å². The molecule has 0 saturated carbocycles. The van der Waals surface area contributed by atoms with E-state index in [1.807, 2.05) is 6.92 Å². The van der Waals surface area contributed by atoms with Crippen molar-refractivity contribution in [1.29, 1.82) is 0 Å². The standard InChI is InChI=1S/C9H18O3/c1-2-11-7-9(10)8-3-5-12-6-4-8/h8-10H,2-7H2,1H3. The lowest BCUT2D eigenvalue weighted by Crippen LogP contribution is -2.30. The van der Waals surface area contributed by atoms with Crippen LogP contribution in [0.3, 0.4) is 0 Å². The van der Waals surface area contributed by atoms with Crippen LogP contribution in [0.2, 0.25) is 0 Å². The first-order valence-electron chi connectivity index (χ1n) is 4.68. The molecule has 72 valence electrons. The summed E-state index contributed by atoms with van der Waals surface area (Å²) in [4.78, 5) is 0. The molecule has 0 bridgehead atoms. The molecular formula is C9H18O3. The van der Waals surface area contributed by atoms with Crippen molar-refractivity contribution in [3.05, 3.63) is 0 Å². The maximum atomic E-state index is 9.62. The van der Waals surface area contributed by atoms with Gasteiger partial charge < -0.3 is 14.6 Å². The Bertz CT molecular complexity index is 110. The Hall–Kier alpha value is -0.120. The molecule has 1 aliphatic rings. The van der Waals surface area contributed by atoms with Gasteiger partial charge in [-0.1, -0.05) is 0 Å². The number of hydrogen-bond acceptors (Lipinski definition) is 3. The molecule has 0 radical (unpaired) electrons. The van der Waals surface area contributed by atoms with E-state index in [2.05, 4.69) is 0 Å². The fourth-order valence-corrected chi connectivity index (χ4v) is 1.48. The van der Waals surface area contributed by atoms with E-state index in [0.29, 0.717) is 19.1 Å². The summed E-state index contributed by atoms with van der Waals surface area (Å²) >= 11 is 0. The van der Waals surface area contributed by atoms with Gasteiger partial charge in [0.1, 0.15) is 0 Å². The Balaban J connectivity index is 2.15. The van der Waals surface area contributed by atoms with Crippen molar-refractivity contribution in [2.24, 2.45) is 5.92 Å². The third-order valence-corrected chi connectivity index (χ3v) is 2.30. The lowest BCUT2D eigenvalue weighted by atomic mass is 9.94. The number of ether oxygens (including phenoxy) is 2. The van der Waals surface area contributed by atoms with E-state index in [1.165, 1.54) is 0 Å². The highest BCUT2D eigenvalue weighted by Gasteiger charge is 2.21. The first kappa shape index (κ1) is 9.96. The summed E-state index contributed by atoms with van der Waals surface area (Å²) < 4.78 is 10.4. The van der Waals surface area contributed by atoms with Gasteiger partial charge in [-0.2, -0.15) is 0 Å². The van der Waals surface area contributed by atoms with Crippen LogP contribution < -0.4 is 0 Å². The molecule has 3 heteroatoms. The highest BCUT2D eigenvalue weighted by Crippen LogP contribution is 2.18. The van der Waals surface area contributed by atoms with Crippen LogP contribution in [-0.4, -0.2) is 37.6 Å². The smallest absolute Gasteiger partial charge is 0.0803 e. The quantitative estimate of drug-likeness (QED) is 0.685. The van der Waals surface area contributed by atoms with Crippen LogP contribution in [0.15, 0.2) is 0 Å². The second kappa shape index (κ2) is 5.51. The minimum absolute atomic E-state index is 0.297. The van der Waals surface area contributed by atoms with E-state index in [4.69, 9.17) is 9.47 Å². The third kappa shape index (κ3) is 3.09. The second-order valence-corrected chi connectivity index (χ2v) is 3.18. The van der Waals surface area contributed by atoms with Crippen LogP contribution in [0.1, 0.15) is 19.8 Å². The molecule has 1 rings (SSSR count). The lowest BCUT2D eigenvalue weighted by molar-refractivity contribution is -0.0323. The van der Waals surface area contributed by atoms with Crippen molar-refractivity contribution in [1.82, 2.24) is 0 Å². The maximum Gasteiger partial charge on any atom is 0.0803 e. The first-order chi connectivity index (χ1) is 5.84. The zero-order chi connectivity index (χ0) is 8.81. The Labute approximate surface area is 73.7 Å². The fourth-order valence-electron chi connectivity index (χ4n) is 1.48. The Morgan fingerprint density at radius 1 is 1.50 bits per heavy atom. The van der Waals surface area contributed by atoms with Gasteiger partial charge in [-0.05, 0) is 25.7 Å². The third-order valence-electron chi connectivity index (χ3n) is 2.30. The van der Waals surface area contributed by atoms with Crippen LogP contribution in [0.5, 0.6) is 0 Å². The second-order valence-electron chi connectivity index (χ2n) is 3.18. The fraction of sp³-hybridized carbons (Fsp3) is 1.00. The summed E-state index contributed by atoms with van der Waals surface area (Å²) in [6, 6.07) is 0. The maximum absolute atomic E-state index is 9.62. The van der Waals surface area contributed by atoms with Crippen molar-refractivity contribution in [3.8, 4) is 0 Å². The van der Waals surface area contributed by atoms with E-state index in [0.717, 1.165) is 26.1 Å². The van der Waals surface area contributed by atoms with Crippen LogP contribution in [0, 0.1) is 5.92 Å². The summed E-state index contributed by atoms with van der Waals surface area (Å²) in [7, 11) is 0. The molecule has 0 amide bonds. The normalized spacial score (nSPS) is 22.5. The van der Waals surface area contributed by atoms with Crippen LogP contribution in [0.25, 0.3) is 0 Å². The molecule has 0 aliphatic carbocycles. The first-order valence-corrected chi connectivity index (χ1v) is 4.68. The number of aliphatic hydroxyl groups is 1. The van der Waals surface area contributed by atoms with Gasteiger partial charge in [0.2, 0.25) is 0 Å². The average Bonchev–Trinajstić information content (AvgIpc) is 2.15. The van der Waals surface area contributed by atoms with E-state index >= 15 is 0 Å². The Kier molecular flexibility index (Phi) is 4.58. The monoisotopic (exact) mass is 174 g/mol. The molecular weight excluding hydrogens is 156 g/mol. The topological polar surface area (TPSA) is 38.7 Å². The van der Waals surface area contributed by atoms with Crippen LogP contribution in [-0.2, 0) is 9.47 Å². The summed E-state index contributed by atoms with van der Waals surface area (Å²) in [5.74, 6) is 0.380. The van der Waals surface area contributed by atoms with Gasteiger partial charge in [0.05, 0.1) is 12.7 Å². The number of rotatable bonds is 4. The van der Waals surface area contributed by atoms with E-state index < -0.39 is 0 Å². The molecule has 0 aromatic carbocycles. The summed E-state index contributed by atoms with van der Waals surface area (Å²) in [6.07, 6.45) is 1.64. The van der Waals surface area contributed by atoms with Gasteiger partial charge in [0.25, 0.3) is 0 Å². The highest BCUT2D eigenvalue weighted by atomic mass is 16.5. The Morgan fingerprint density at radius 3 is 2.75 bits per heavy atom. The molecule has 1 saturated heterocycles. The molecule has 1 fully saturated rings. The molecule has 1 atom stereocenters.